The molecule has 0 saturated heterocycles. The van der Waals surface area contributed by atoms with Crippen LogP contribution in [0.1, 0.15) is 35.3 Å². The van der Waals surface area contributed by atoms with Crippen molar-refractivity contribution in [3.63, 3.8) is 0 Å². The number of anilines is 1. The third-order valence-corrected chi connectivity index (χ3v) is 4.59. The van der Waals surface area contributed by atoms with Gasteiger partial charge in [-0.3, -0.25) is 14.5 Å². The molecule has 0 aromatic heterocycles. The molecule has 0 saturated carbocycles. The van der Waals surface area contributed by atoms with E-state index in [1.54, 1.807) is 41.1 Å². The molecular weight excluding hydrogens is 395 g/mol. The molecule has 0 fully saturated rings. The van der Waals surface area contributed by atoms with Crippen molar-refractivity contribution in [1.82, 2.24) is 9.80 Å². The van der Waals surface area contributed by atoms with Crippen LogP contribution < -0.4 is 5.32 Å². The molecule has 2 amide bonds. The largest absolute Gasteiger partial charge is 0.416 e. The summed E-state index contributed by atoms with van der Waals surface area (Å²) in [6.45, 7) is 5.38. The molecule has 0 aliphatic heterocycles. The van der Waals surface area contributed by atoms with Crippen LogP contribution in [0.4, 0.5) is 18.9 Å². The van der Waals surface area contributed by atoms with E-state index in [2.05, 4.69) is 5.32 Å². The first-order valence-corrected chi connectivity index (χ1v) is 9.67. The topological polar surface area (TPSA) is 52.7 Å². The van der Waals surface area contributed by atoms with Gasteiger partial charge in [0.25, 0.3) is 5.91 Å². The van der Waals surface area contributed by atoms with Gasteiger partial charge in [-0.05, 0) is 56.8 Å². The van der Waals surface area contributed by atoms with Crippen molar-refractivity contribution in [2.75, 3.05) is 32.0 Å². The summed E-state index contributed by atoms with van der Waals surface area (Å²) in [5.74, 6) is -0.382. The van der Waals surface area contributed by atoms with Gasteiger partial charge in [-0.2, -0.15) is 13.2 Å². The second-order valence-corrected chi connectivity index (χ2v) is 6.97. The quantitative estimate of drug-likeness (QED) is 0.693. The minimum atomic E-state index is -4.37. The number of likely N-dealkylation sites (N-methyl/N-ethyl adjacent to an activating group) is 1. The van der Waals surface area contributed by atoms with E-state index in [1.165, 1.54) is 12.1 Å². The van der Waals surface area contributed by atoms with Crippen molar-refractivity contribution in [2.45, 2.75) is 26.6 Å². The zero-order valence-corrected chi connectivity index (χ0v) is 17.3. The normalized spacial score (nSPS) is 11.4. The van der Waals surface area contributed by atoms with E-state index >= 15 is 0 Å². The van der Waals surface area contributed by atoms with E-state index in [4.69, 9.17) is 0 Å². The Morgan fingerprint density at radius 2 is 1.63 bits per heavy atom. The van der Waals surface area contributed by atoms with Crippen LogP contribution >= 0.6 is 0 Å². The first-order valence-electron chi connectivity index (χ1n) is 9.67. The smallest absolute Gasteiger partial charge is 0.339 e. The van der Waals surface area contributed by atoms with Crippen LogP contribution in [-0.2, 0) is 17.5 Å². The SMILES string of the molecule is CCN(CC)C(=O)c1cccc(NC(=O)CN(C)Cc2ccc(C(F)(F)F)cc2)c1. The Kier molecular flexibility index (Phi) is 8.00. The lowest BCUT2D eigenvalue weighted by molar-refractivity contribution is -0.137. The van der Waals surface area contributed by atoms with E-state index in [0.29, 0.717) is 36.4 Å². The Hall–Kier alpha value is -2.87. The lowest BCUT2D eigenvalue weighted by Gasteiger charge is -2.19. The van der Waals surface area contributed by atoms with Crippen molar-refractivity contribution < 1.29 is 22.8 Å². The van der Waals surface area contributed by atoms with Crippen LogP contribution in [0.15, 0.2) is 48.5 Å². The summed E-state index contributed by atoms with van der Waals surface area (Å²) in [5, 5.41) is 2.76. The van der Waals surface area contributed by atoms with Crippen LogP contribution in [0.3, 0.4) is 0 Å². The van der Waals surface area contributed by atoms with E-state index in [1.807, 2.05) is 13.8 Å². The fourth-order valence-electron chi connectivity index (χ4n) is 3.04. The van der Waals surface area contributed by atoms with E-state index < -0.39 is 11.7 Å². The Morgan fingerprint density at radius 3 is 2.20 bits per heavy atom. The third kappa shape index (κ3) is 6.59. The molecule has 2 rings (SSSR count). The summed E-state index contributed by atoms with van der Waals surface area (Å²) in [7, 11) is 1.71. The molecule has 2 aromatic carbocycles. The summed E-state index contributed by atoms with van der Waals surface area (Å²) in [6.07, 6.45) is -4.37. The van der Waals surface area contributed by atoms with Gasteiger partial charge in [0, 0.05) is 30.9 Å². The van der Waals surface area contributed by atoms with Gasteiger partial charge < -0.3 is 10.2 Å². The van der Waals surface area contributed by atoms with Crippen molar-refractivity contribution >= 4 is 17.5 Å². The van der Waals surface area contributed by atoms with Gasteiger partial charge in [0.05, 0.1) is 12.1 Å². The zero-order chi connectivity index (χ0) is 22.3. The number of halogens is 3. The number of rotatable bonds is 8. The maximum Gasteiger partial charge on any atom is 0.416 e. The third-order valence-electron chi connectivity index (χ3n) is 4.59. The molecule has 0 heterocycles. The first-order chi connectivity index (χ1) is 14.1. The Balaban J connectivity index is 1.94. The minimum absolute atomic E-state index is 0.0508. The van der Waals surface area contributed by atoms with Gasteiger partial charge in [-0.25, -0.2) is 0 Å². The van der Waals surface area contributed by atoms with Crippen molar-refractivity contribution in [3.8, 4) is 0 Å². The number of carbonyl (C=O) groups is 2. The standard InChI is InChI=1S/C22H26F3N3O2/c1-4-28(5-2)21(30)17-7-6-8-19(13-17)26-20(29)15-27(3)14-16-9-11-18(12-10-16)22(23,24)25/h6-13H,4-5,14-15H2,1-3H3,(H,26,29). The average Bonchev–Trinajstić information content (AvgIpc) is 2.68. The van der Waals surface area contributed by atoms with Crippen molar-refractivity contribution in [3.05, 3.63) is 65.2 Å². The highest BCUT2D eigenvalue weighted by atomic mass is 19.4. The molecule has 0 aliphatic rings. The number of benzene rings is 2. The Morgan fingerprint density at radius 1 is 1.00 bits per heavy atom. The summed E-state index contributed by atoms with van der Waals surface area (Å²) in [4.78, 5) is 28.2. The van der Waals surface area contributed by atoms with Gasteiger partial charge in [0.15, 0.2) is 0 Å². The number of nitrogens with one attached hydrogen (secondary N) is 1. The number of amides is 2. The second kappa shape index (κ2) is 10.2. The maximum atomic E-state index is 12.6. The van der Waals surface area contributed by atoms with Crippen LogP contribution in [0.25, 0.3) is 0 Å². The molecule has 0 atom stereocenters. The van der Waals surface area contributed by atoms with Crippen molar-refractivity contribution in [1.29, 1.82) is 0 Å². The molecule has 5 nitrogen and oxygen atoms in total. The molecule has 1 N–H and O–H groups in total. The number of hydrogen-bond acceptors (Lipinski definition) is 3. The average molecular weight is 421 g/mol. The van der Waals surface area contributed by atoms with E-state index in [0.717, 1.165) is 12.1 Å². The van der Waals surface area contributed by atoms with Crippen LogP contribution in [0.5, 0.6) is 0 Å². The fourth-order valence-corrected chi connectivity index (χ4v) is 3.04. The molecule has 0 unspecified atom stereocenters. The number of carbonyl (C=O) groups excluding carboxylic acids is 2. The predicted octanol–water partition coefficient (Wildman–Crippen LogP) is 4.26. The van der Waals surface area contributed by atoms with E-state index in [9.17, 15) is 22.8 Å². The van der Waals surface area contributed by atoms with Gasteiger partial charge in [-0.15, -0.1) is 0 Å². The molecule has 0 bridgehead atoms. The fraction of sp³-hybridized carbons (Fsp3) is 0.364. The summed E-state index contributed by atoms with van der Waals surface area (Å²) >= 11 is 0. The highest BCUT2D eigenvalue weighted by Crippen LogP contribution is 2.29. The maximum absolute atomic E-state index is 12.6. The Labute approximate surface area is 174 Å². The number of nitrogens with zero attached hydrogens (tertiary/aromatic N) is 2. The molecule has 0 aliphatic carbocycles. The van der Waals surface area contributed by atoms with Crippen molar-refractivity contribution in [2.24, 2.45) is 0 Å². The van der Waals surface area contributed by atoms with Crippen LogP contribution in [0, 0.1) is 0 Å². The minimum Gasteiger partial charge on any atom is -0.339 e. The highest BCUT2D eigenvalue weighted by Gasteiger charge is 2.29. The monoisotopic (exact) mass is 421 g/mol. The second-order valence-electron chi connectivity index (χ2n) is 6.97. The molecule has 2 aromatic rings. The van der Waals surface area contributed by atoms with Crippen LogP contribution in [-0.4, -0.2) is 48.3 Å². The number of hydrogen-bond donors (Lipinski definition) is 1. The lowest BCUT2D eigenvalue weighted by atomic mass is 10.1. The van der Waals surface area contributed by atoms with E-state index in [-0.39, 0.29) is 18.4 Å². The summed E-state index contributed by atoms with van der Waals surface area (Å²) in [5.41, 5.74) is 0.978. The highest BCUT2D eigenvalue weighted by molar-refractivity contribution is 5.97. The van der Waals surface area contributed by atoms with Gasteiger partial charge >= 0.3 is 6.18 Å². The summed E-state index contributed by atoms with van der Waals surface area (Å²) in [6, 6.07) is 11.6. The zero-order valence-electron chi connectivity index (χ0n) is 17.3. The van der Waals surface area contributed by atoms with Gasteiger partial charge in [0.2, 0.25) is 5.91 Å². The number of alkyl halides is 3. The predicted molar refractivity (Wildman–Crippen MR) is 110 cm³/mol. The van der Waals surface area contributed by atoms with Crippen LogP contribution in [0.2, 0.25) is 0 Å². The lowest BCUT2D eigenvalue weighted by Crippen LogP contribution is -2.31. The molecule has 30 heavy (non-hydrogen) atoms. The molecule has 8 heteroatoms. The van der Waals surface area contributed by atoms with Gasteiger partial charge in [0.1, 0.15) is 0 Å². The van der Waals surface area contributed by atoms with Gasteiger partial charge in [-0.1, -0.05) is 18.2 Å². The molecule has 0 spiro atoms. The molecule has 0 radical (unpaired) electrons. The molecular formula is C22H26F3N3O2. The first kappa shape index (κ1) is 23.4. The molecule has 162 valence electrons. The summed E-state index contributed by atoms with van der Waals surface area (Å²) < 4.78 is 37.9. The Bertz CT molecular complexity index is 863.